The summed E-state index contributed by atoms with van der Waals surface area (Å²) in [5.74, 6) is -0.229. The van der Waals surface area contributed by atoms with Crippen molar-refractivity contribution in [3.63, 3.8) is 0 Å². The largest absolute Gasteiger partial charge is 0.444 e. The summed E-state index contributed by atoms with van der Waals surface area (Å²) in [6.45, 7) is 8.21. The van der Waals surface area contributed by atoms with Crippen LogP contribution in [0.15, 0.2) is 22.2 Å². The van der Waals surface area contributed by atoms with Crippen LogP contribution < -0.4 is 0 Å². The second-order valence-electron chi connectivity index (χ2n) is 6.21. The minimum absolute atomic E-state index is 0.229. The SMILES string of the molecule is Cc1c(Br)ccc(C=C2CN(C(=O)OC(C)(C)C)C2)c1F. The van der Waals surface area contributed by atoms with Crippen LogP contribution in [0.5, 0.6) is 0 Å². The fourth-order valence-electron chi connectivity index (χ4n) is 2.00. The lowest BCUT2D eigenvalue weighted by atomic mass is 10.0. The Morgan fingerprint density at radius 1 is 1.38 bits per heavy atom. The Morgan fingerprint density at radius 2 is 2.00 bits per heavy atom. The van der Waals surface area contributed by atoms with Crippen molar-refractivity contribution >= 4 is 28.1 Å². The second-order valence-corrected chi connectivity index (χ2v) is 7.07. The van der Waals surface area contributed by atoms with Gasteiger partial charge < -0.3 is 9.64 Å². The van der Waals surface area contributed by atoms with E-state index < -0.39 is 5.60 Å². The molecule has 114 valence electrons. The fourth-order valence-corrected chi connectivity index (χ4v) is 2.31. The Kier molecular flexibility index (Phi) is 4.42. The highest BCUT2D eigenvalue weighted by Crippen LogP contribution is 2.26. The van der Waals surface area contributed by atoms with Gasteiger partial charge in [0, 0.05) is 23.1 Å². The third-order valence-electron chi connectivity index (χ3n) is 3.15. The average molecular weight is 356 g/mol. The molecule has 3 nitrogen and oxygen atoms in total. The van der Waals surface area contributed by atoms with E-state index in [0.717, 1.165) is 10.0 Å². The monoisotopic (exact) mass is 355 g/mol. The number of hydrogen-bond acceptors (Lipinski definition) is 2. The molecule has 0 spiro atoms. The predicted octanol–water partition coefficient (Wildman–Crippen LogP) is 4.53. The first-order valence-corrected chi connectivity index (χ1v) is 7.58. The lowest BCUT2D eigenvalue weighted by Crippen LogP contribution is -2.46. The van der Waals surface area contributed by atoms with E-state index in [9.17, 15) is 9.18 Å². The highest BCUT2D eigenvalue weighted by atomic mass is 79.9. The molecule has 1 aliphatic heterocycles. The number of nitrogens with zero attached hydrogens (tertiary/aromatic N) is 1. The number of amides is 1. The smallest absolute Gasteiger partial charge is 0.410 e. The number of ether oxygens (including phenoxy) is 1. The van der Waals surface area contributed by atoms with Crippen LogP contribution in [-0.4, -0.2) is 29.7 Å². The lowest BCUT2D eigenvalue weighted by molar-refractivity contribution is 0.0216. The summed E-state index contributed by atoms with van der Waals surface area (Å²) in [5.41, 5.74) is 1.66. The summed E-state index contributed by atoms with van der Waals surface area (Å²) in [6.07, 6.45) is 1.47. The molecule has 0 radical (unpaired) electrons. The normalized spacial score (nSPS) is 14.8. The zero-order valence-electron chi connectivity index (χ0n) is 12.7. The number of rotatable bonds is 1. The van der Waals surface area contributed by atoms with Crippen LogP contribution in [0.1, 0.15) is 31.9 Å². The van der Waals surface area contributed by atoms with Crippen LogP contribution in [-0.2, 0) is 4.74 Å². The first-order chi connectivity index (χ1) is 9.67. The van der Waals surface area contributed by atoms with E-state index in [1.165, 1.54) is 0 Å². The topological polar surface area (TPSA) is 29.5 Å². The van der Waals surface area contributed by atoms with Gasteiger partial charge in [-0.05, 0) is 51.0 Å². The fraction of sp³-hybridized carbons (Fsp3) is 0.438. The molecule has 0 atom stereocenters. The van der Waals surface area contributed by atoms with Crippen LogP contribution in [0.3, 0.4) is 0 Å². The van der Waals surface area contributed by atoms with Crippen molar-refractivity contribution in [2.24, 2.45) is 0 Å². The quantitative estimate of drug-likeness (QED) is 0.740. The molecule has 1 fully saturated rings. The standard InChI is InChI=1S/C16H19BrFNO2/c1-10-13(17)6-5-12(14(10)18)7-11-8-19(9-11)15(20)21-16(2,3)4/h5-7H,8-9H2,1-4H3. The maximum atomic E-state index is 14.1. The summed E-state index contributed by atoms with van der Waals surface area (Å²) < 4.78 is 20.1. The van der Waals surface area contributed by atoms with Crippen LogP contribution in [0.25, 0.3) is 6.08 Å². The molecule has 0 N–H and O–H groups in total. The minimum atomic E-state index is -0.495. The number of carbonyl (C=O) groups excluding carboxylic acids is 1. The van der Waals surface area contributed by atoms with Gasteiger partial charge in [-0.15, -0.1) is 0 Å². The molecule has 0 unspecified atom stereocenters. The van der Waals surface area contributed by atoms with Crippen molar-refractivity contribution in [1.82, 2.24) is 4.90 Å². The summed E-state index contributed by atoms with van der Waals surface area (Å²) in [6, 6.07) is 3.56. The van der Waals surface area contributed by atoms with Gasteiger partial charge in [-0.1, -0.05) is 22.0 Å². The number of likely N-dealkylation sites (tertiary alicyclic amines) is 1. The molecule has 21 heavy (non-hydrogen) atoms. The molecule has 1 amide bonds. The van der Waals surface area contributed by atoms with Gasteiger partial charge in [-0.25, -0.2) is 9.18 Å². The van der Waals surface area contributed by atoms with Gasteiger partial charge in [-0.2, -0.15) is 0 Å². The molecule has 5 heteroatoms. The van der Waals surface area contributed by atoms with Crippen LogP contribution in [0.2, 0.25) is 0 Å². The minimum Gasteiger partial charge on any atom is -0.444 e. The van der Waals surface area contributed by atoms with E-state index in [1.807, 2.05) is 26.8 Å². The van der Waals surface area contributed by atoms with E-state index in [-0.39, 0.29) is 11.9 Å². The van der Waals surface area contributed by atoms with Gasteiger partial charge in [0.15, 0.2) is 0 Å². The van der Waals surface area contributed by atoms with Crippen LogP contribution in [0, 0.1) is 12.7 Å². The molecular weight excluding hydrogens is 337 g/mol. The van der Waals surface area contributed by atoms with E-state index in [2.05, 4.69) is 15.9 Å². The molecule has 0 aromatic heterocycles. The Labute approximate surface area is 132 Å². The van der Waals surface area contributed by atoms with Crippen LogP contribution >= 0.6 is 15.9 Å². The third kappa shape index (κ3) is 3.84. The molecule has 0 aliphatic carbocycles. The van der Waals surface area contributed by atoms with Crippen molar-refractivity contribution in [1.29, 1.82) is 0 Å². The zero-order chi connectivity index (χ0) is 15.8. The molecule has 1 aliphatic rings. The number of halogens is 2. The van der Waals surface area contributed by atoms with Crippen molar-refractivity contribution in [2.75, 3.05) is 13.1 Å². The summed E-state index contributed by atoms with van der Waals surface area (Å²) in [7, 11) is 0. The van der Waals surface area contributed by atoms with Crippen molar-refractivity contribution in [2.45, 2.75) is 33.3 Å². The maximum absolute atomic E-state index is 14.1. The number of benzene rings is 1. The number of hydrogen-bond donors (Lipinski definition) is 0. The first-order valence-electron chi connectivity index (χ1n) is 6.79. The maximum Gasteiger partial charge on any atom is 0.410 e. The highest BCUT2D eigenvalue weighted by molar-refractivity contribution is 9.10. The Bertz CT molecular complexity index is 597. The predicted molar refractivity (Wildman–Crippen MR) is 84.6 cm³/mol. The third-order valence-corrected chi connectivity index (χ3v) is 4.01. The molecule has 0 saturated carbocycles. The van der Waals surface area contributed by atoms with Gasteiger partial charge in [0.25, 0.3) is 0 Å². The van der Waals surface area contributed by atoms with Crippen molar-refractivity contribution in [3.8, 4) is 0 Å². The zero-order valence-corrected chi connectivity index (χ0v) is 14.3. The van der Waals surface area contributed by atoms with Gasteiger partial charge in [0.1, 0.15) is 11.4 Å². The first kappa shape index (κ1) is 16.0. The average Bonchev–Trinajstić information content (AvgIpc) is 2.30. The summed E-state index contributed by atoms with van der Waals surface area (Å²) in [4.78, 5) is 13.4. The molecule has 2 rings (SSSR count). The Hall–Kier alpha value is -1.36. The second kappa shape index (κ2) is 5.79. The molecule has 1 aromatic carbocycles. The van der Waals surface area contributed by atoms with Crippen molar-refractivity contribution in [3.05, 3.63) is 39.1 Å². The molecule has 0 bridgehead atoms. The van der Waals surface area contributed by atoms with Gasteiger partial charge in [0.05, 0.1) is 0 Å². The lowest BCUT2D eigenvalue weighted by Gasteiger charge is -2.35. The van der Waals surface area contributed by atoms with Gasteiger partial charge in [-0.3, -0.25) is 0 Å². The number of carbonyl (C=O) groups is 1. The van der Waals surface area contributed by atoms with Crippen LogP contribution in [0.4, 0.5) is 9.18 Å². The molecular formula is C16H19BrFNO2. The molecule has 1 heterocycles. The molecule has 1 aromatic rings. The summed E-state index contributed by atoms with van der Waals surface area (Å²) >= 11 is 3.30. The van der Waals surface area contributed by atoms with E-state index in [4.69, 9.17) is 4.74 Å². The summed E-state index contributed by atoms with van der Waals surface area (Å²) in [5, 5.41) is 0. The molecule has 1 saturated heterocycles. The van der Waals surface area contributed by atoms with E-state index >= 15 is 0 Å². The highest BCUT2D eigenvalue weighted by Gasteiger charge is 2.29. The van der Waals surface area contributed by atoms with E-state index in [1.54, 1.807) is 24.0 Å². The Morgan fingerprint density at radius 3 is 2.57 bits per heavy atom. The van der Waals surface area contributed by atoms with E-state index in [0.29, 0.717) is 24.2 Å². The van der Waals surface area contributed by atoms with Crippen molar-refractivity contribution < 1.29 is 13.9 Å². The Balaban J connectivity index is 2.02. The van der Waals surface area contributed by atoms with Gasteiger partial charge in [0.2, 0.25) is 0 Å². The van der Waals surface area contributed by atoms with Gasteiger partial charge >= 0.3 is 6.09 Å².